The lowest BCUT2D eigenvalue weighted by atomic mass is 10.2. The Bertz CT molecular complexity index is 689. The van der Waals surface area contributed by atoms with Crippen LogP contribution in [0.1, 0.15) is 0 Å². The Morgan fingerprint density at radius 2 is 1.70 bits per heavy atom. The summed E-state index contributed by atoms with van der Waals surface area (Å²) in [5, 5.41) is 21.4. The van der Waals surface area contributed by atoms with Gasteiger partial charge in [0.05, 0.1) is 15.9 Å². The second kappa shape index (κ2) is 5.31. The molecule has 0 aliphatic heterocycles. The molecule has 102 valence electrons. The van der Waals surface area contributed by atoms with Crippen molar-refractivity contribution in [3.8, 4) is 11.5 Å². The van der Waals surface area contributed by atoms with Gasteiger partial charge in [0.1, 0.15) is 5.75 Å². The molecule has 0 saturated carbocycles. The summed E-state index contributed by atoms with van der Waals surface area (Å²) >= 11 is 0. The number of nitro groups is 2. The van der Waals surface area contributed by atoms with Gasteiger partial charge in [-0.25, -0.2) is 0 Å². The monoisotopic (exact) mass is 278 g/mol. The predicted octanol–water partition coefficient (Wildman–Crippen LogP) is 3.43. The Hall–Kier alpha value is -3.03. The van der Waals surface area contributed by atoms with Crippen LogP contribution in [0.4, 0.5) is 15.8 Å². The van der Waals surface area contributed by atoms with E-state index in [0.717, 1.165) is 12.1 Å². The van der Waals surface area contributed by atoms with Crippen LogP contribution < -0.4 is 4.74 Å². The highest BCUT2D eigenvalue weighted by Gasteiger charge is 2.22. The SMILES string of the molecule is O=[N+]([O-])c1cccc(Oc2cccc(F)c2[N+](=O)[O-])c1. The third-order valence-electron chi connectivity index (χ3n) is 2.39. The molecule has 0 unspecified atom stereocenters. The first-order valence-electron chi connectivity index (χ1n) is 5.34. The first-order valence-corrected chi connectivity index (χ1v) is 5.34. The molecule has 2 aromatic carbocycles. The highest BCUT2D eigenvalue weighted by Crippen LogP contribution is 2.34. The number of para-hydroxylation sites is 1. The van der Waals surface area contributed by atoms with Crippen molar-refractivity contribution in [3.05, 3.63) is 68.5 Å². The van der Waals surface area contributed by atoms with Crippen molar-refractivity contribution in [2.24, 2.45) is 0 Å². The van der Waals surface area contributed by atoms with Crippen LogP contribution in [0.5, 0.6) is 11.5 Å². The zero-order valence-corrected chi connectivity index (χ0v) is 9.86. The van der Waals surface area contributed by atoms with E-state index in [0.29, 0.717) is 0 Å². The topological polar surface area (TPSA) is 95.5 Å². The lowest BCUT2D eigenvalue weighted by molar-refractivity contribution is -0.388. The summed E-state index contributed by atoms with van der Waals surface area (Å²) in [6.07, 6.45) is 0. The maximum Gasteiger partial charge on any atom is 0.346 e. The second-order valence-electron chi connectivity index (χ2n) is 3.70. The van der Waals surface area contributed by atoms with Crippen molar-refractivity contribution >= 4 is 11.4 Å². The van der Waals surface area contributed by atoms with E-state index < -0.39 is 21.4 Å². The molecule has 8 heteroatoms. The molecule has 0 atom stereocenters. The van der Waals surface area contributed by atoms with Crippen LogP contribution in [0.15, 0.2) is 42.5 Å². The summed E-state index contributed by atoms with van der Waals surface area (Å²) in [5.41, 5.74) is -1.06. The lowest BCUT2D eigenvalue weighted by Crippen LogP contribution is -1.97. The highest BCUT2D eigenvalue weighted by atomic mass is 19.1. The second-order valence-corrected chi connectivity index (χ2v) is 3.70. The van der Waals surface area contributed by atoms with Crippen molar-refractivity contribution in [2.75, 3.05) is 0 Å². The average Bonchev–Trinajstić information content (AvgIpc) is 2.38. The number of halogens is 1. The lowest BCUT2D eigenvalue weighted by Gasteiger charge is -2.06. The van der Waals surface area contributed by atoms with E-state index in [1.807, 2.05) is 0 Å². The first kappa shape index (κ1) is 13.4. The summed E-state index contributed by atoms with van der Waals surface area (Å²) in [6.45, 7) is 0. The summed E-state index contributed by atoms with van der Waals surface area (Å²) in [4.78, 5) is 19.9. The predicted molar refractivity (Wildman–Crippen MR) is 66.2 cm³/mol. The summed E-state index contributed by atoms with van der Waals surface area (Å²) < 4.78 is 18.5. The molecule has 0 aliphatic rings. The zero-order chi connectivity index (χ0) is 14.7. The minimum Gasteiger partial charge on any atom is -0.450 e. The Morgan fingerprint density at radius 3 is 2.35 bits per heavy atom. The van der Waals surface area contributed by atoms with Gasteiger partial charge in [-0.1, -0.05) is 12.1 Å². The van der Waals surface area contributed by atoms with Crippen LogP contribution in [-0.2, 0) is 0 Å². The average molecular weight is 278 g/mol. The molecule has 2 aromatic rings. The molecule has 7 nitrogen and oxygen atoms in total. The molecule has 0 aromatic heterocycles. The van der Waals surface area contributed by atoms with E-state index in [-0.39, 0.29) is 17.2 Å². The minimum atomic E-state index is -1.04. The van der Waals surface area contributed by atoms with Gasteiger partial charge in [0.15, 0.2) is 0 Å². The fourth-order valence-electron chi connectivity index (χ4n) is 1.54. The number of hydrogen-bond acceptors (Lipinski definition) is 5. The molecule has 0 aliphatic carbocycles. The molecule has 2 rings (SSSR count). The van der Waals surface area contributed by atoms with Gasteiger partial charge in [-0.2, -0.15) is 4.39 Å². The molecule has 0 heterocycles. The van der Waals surface area contributed by atoms with Crippen molar-refractivity contribution in [1.29, 1.82) is 0 Å². The Morgan fingerprint density at radius 1 is 1.00 bits per heavy atom. The van der Waals surface area contributed by atoms with Gasteiger partial charge < -0.3 is 4.74 Å². The van der Waals surface area contributed by atoms with E-state index in [2.05, 4.69) is 0 Å². The third-order valence-corrected chi connectivity index (χ3v) is 2.39. The van der Waals surface area contributed by atoms with E-state index >= 15 is 0 Å². The highest BCUT2D eigenvalue weighted by molar-refractivity contribution is 5.50. The molecule has 0 N–H and O–H groups in total. The van der Waals surface area contributed by atoms with Gasteiger partial charge in [-0.15, -0.1) is 0 Å². The van der Waals surface area contributed by atoms with Gasteiger partial charge in [0.2, 0.25) is 11.6 Å². The quantitative estimate of drug-likeness (QED) is 0.630. The summed E-state index contributed by atoms with van der Waals surface area (Å²) in [7, 11) is 0. The van der Waals surface area contributed by atoms with E-state index in [1.54, 1.807) is 0 Å². The standard InChI is InChI=1S/C12H7FN2O5/c13-10-5-2-6-11(12(10)15(18)19)20-9-4-1-3-8(7-9)14(16)17/h1-7H. The van der Waals surface area contributed by atoms with Crippen molar-refractivity contribution in [2.45, 2.75) is 0 Å². The van der Waals surface area contributed by atoms with Gasteiger partial charge in [-0.05, 0) is 18.2 Å². The summed E-state index contributed by atoms with van der Waals surface area (Å²) in [6, 6.07) is 8.45. The van der Waals surface area contributed by atoms with Crippen molar-refractivity contribution in [1.82, 2.24) is 0 Å². The molecule has 0 bridgehead atoms. The normalized spacial score (nSPS) is 10.1. The van der Waals surface area contributed by atoms with Gasteiger partial charge in [-0.3, -0.25) is 20.2 Å². The van der Waals surface area contributed by atoms with Gasteiger partial charge in [0, 0.05) is 6.07 Å². The molecule has 0 fully saturated rings. The van der Waals surface area contributed by atoms with Gasteiger partial charge >= 0.3 is 5.69 Å². The molecular formula is C12H7FN2O5. The van der Waals surface area contributed by atoms with Crippen molar-refractivity contribution < 1.29 is 19.0 Å². The number of benzene rings is 2. The number of non-ortho nitro benzene ring substituents is 1. The third kappa shape index (κ3) is 2.69. The Balaban J connectivity index is 2.40. The molecular weight excluding hydrogens is 271 g/mol. The maximum atomic E-state index is 13.4. The first-order chi connectivity index (χ1) is 9.49. The molecule has 0 amide bonds. The van der Waals surface area contributed by atoms with Crippen LogP contribution in [0, 0.1) is 26.0 Å². The van der Waals surface area contributed by atoms with Crippen LogP contribution in [-0.4, -0.2) is 9.85 Å². The maximum absolute atomic E-state index is 13.4. The minimum absolute atomic E-state index is 0.00731. The van der Waals surface area contributed by atoms with Crippen LogP contribution in [0.3, 0.4) is 0 Å². The Labute approximate surface area is 111 Å². The number of nitro benzene ring substituents is 2. The number of nitrogens with zero attached hydrogens (tertiary/aromatic N) is 2. The zero-order valence-electron chi connectivity index (χ0n) is 9.86. The molecule has 20 heavy (non-hydrogen) atoms. The summed E-state index contributed by atoms with van der Waals surface area (Å²) in [5.74, 6) is -1.36. The smallest absolute Gasteiger partial charge is 0.346 e. The number of hydrogen-bond donors (Lipinski definition) is 0. The van der Waals surface area contributed by atoms with Crippen molar-refractivity contribution in [3.63, 3.8) is 0 Å². The number of rotatable bonds is 4. The van der Waals surface area contributed by atoms with E-state index in [4.69, 9.17) is 4.74 Å². The van der Waals surface area contributed by atoms with Crippen LogP contribution in [0.25, 0.3) is 0 Å². The fourth-order valence-corrected chi connectivity index (χ4v) is 1.54. The molecule has 0 saturated heterocycles. The Kier molecular flexibility index (Phi) is 3.56. The van der Waals surface area contributed by atoms with Crippen LogP contribution >= 0.6 is 0 Å². The van der Waals surface area contributed by atoms with E-state index in [1.165, 1.54) is 30.3 Å². The van der Waals surface area contributed by atoms with Crippen LogP contribution in [0.2, 0.25) is 0 Å². The molecule has 0 radical (unpaired) electrons. The fraction of sp³-hybridized carbons (Fsp3) is 0. The largest absolute Gasteiger partial charge is 0.450 e. The van der Waals surface area contributed by atoms with Gasteiger partial charge in [0.25, 0.3) is 5.69 Å². The molecule has 0 spiro atoms. The van der Waals surface area contributed by atoms with E-state index in [9.17, 15) is 24.6 Å². The number of ether oxygens (including phenoxy) is 1.